The van der Waals surface area contributed by atoms with Crippen LogP contribution in [0.3, 0.4) is 0 Å². The van der Waals surface area contributed by atoms with E-state index in [4.69, 9.17) is 5.73 Å². The van der Waals surface area contributed by atoms with Crippen LogP contribution in [0.2, 0.25) is 0 Å². The molecule has 0 saturated heterocycles. The molecule has 0 aliphatic rings. The molecule has 2 rings (SSSR count). The van der Waals surface area contributed by atoms with Crippen molar-refractivity contribution in [3.05, 3.63) is 41.1 Å². The second-order valence-electron chi connectivity index (χ2n) is 3.79. The summed E-state index contributed by atoms with van der Waals surface area (Å²) in [5, 5.41) is 6.99. The summed E-state index contributed by atoms with van der Waals surface area (Å²) in [5.74, 6) is 5.44. The monoisotopic (exact) mass is 272 g/mol. The molecule has 0 spiro atoms. The van der Waals surface area contributed by atoms with Gasteiger partial charge in [0.15, 0.2) is 0 Å². The van der Waals surface area contributed by atoms with Crippen LogP contribution in [0.15, 0.2) is 24.4 Å². The van der Waals surface area contributed by atoms with Gasteiger partial charge in [-0.05, 0) is 24.6 Å². The Labute approximate surface area is 115 Å². The molecule has 1 heterocycles. The molecule has 0 fully saturated rings. The fraction of sp³-hybridized carbons (Fsp3) is 0.154. The van der Waals surface area contributed by atoms with E-state index in [-0.39, 0.29) is 12.5 Å². The fourth-order valence-electron chi connectivity index (χ4n) is 1.51. The molecule has 19 heavy (non-hydrogen) atoms. The summed E-state index contributed by atoms with van der Waals surface area (Å²) >= 11 is 1.12. The number of anilines is 1. The number of aromatic nitrogens is 2. The van der Waals surface area contributed by atoms with Crippen LogP contribution in [-0.2, 0) is 0 Å². The average Bonchev–Trinajstić information content (AvgIpc) is 2.89. The van der Waals surface area contributed by atoms with Crippen molar-refractivity contribution < 1.29 is 4.79 Å². The number of nitrogens with zero attached hydrogens (tertiary/aromatic N) is 2. The summed E-state index contributed by atoms with van der Waals surface area (Å²) in [7, 11) is 0. The predicted molar refractivity (Wildman–Crippen MR) is 75.0 cm³/mol. The van der Waals surface area contributed by atoms with E-state index in [0.29, 0.717) is 16.1 Å². The van der Waals surface area contributed by atoms with Crippen molar-refractivity contribution in [1.82, 2.24) is 9.59 Å². The second kappa shape index (κ2) is 6.09. The minimum atomic E-state index is -0.229. The van der Waals surface area contributed by atoms with Crippen LogP contribution < -0.4 is 11.1 Å². The first-order valence-electron chi connectivity index (χ1n) is 5.59. The van der Waals surface area contributed by atoms with Crippen LogP contribution in [0.25, 0.3) is 0 Å². The van der Waals surface area contributed by atoms with Crippen molar-refractivity contribution in [3.8, 4) is 11.8 Å². The lowest BCUT2D eigenvalue weighted by molar-refractivity contribution is 0.102. The van der Waals surface area contributed by atoms with Crippen LogP contribution in [0, 0.1) is 18.8 Å². The van der Waals surface area contributed by atoms with Gasteiger partial charge in [0.1, 0.15) is 5.00 Å². The Morgan fingerprint density at radius 2 is 2.37 bits per heavy atom. The molecule has 5 nitrogen and oxygen atoms in total. The lowest BCUT2D eigenvalue weighted by Crippen LogP contribution is -2.13. The molecule has 0 bridgehead atoms. The van der Waals surface area contributed by atoms with Crippen molar-refractivity contribution in [2.45, 2.75) is 6.92 Å². The zero-order valence-electron chi connectivity index (χ0n) is 10.3. The quantitative estimate of drug-likeness (QED) is 0.810. The smallest absolute Gasteiger partial charge is 0.257 e. The Kier molecular flexibility index (Phi) is 4.23. The number of carbonyl (C=O) groups is 1. The molecule has 96 valence electrons. The maximum Gasteiger partial charge on any atom is 0.257 e. The third-order valence-corrected chi connectivity index (χ3v) is 2.92. The molecular formula is C13H12N4OS. The van der Waals surface area contributed by atoms with Crippen LogP contribution in [0.5, 0.6) is 0 Å². The number of aryl methyl sites for hydroxylation is 1. The van der Waals surface area contributed by atoms with E-state index in [0.717, 1.165) is 17.1 Å². The number of benzene rings is 1. The molecule has 0 saturated carbocycles. The number of nitrogens with one attached hydrogen (secondary N) is 1. The van der Waals surface area contributed by atoms with Gasteiger partial charge in [0, 0.05) is 17.1 Å². The van der Waals surface area contributed by atoms with Crippen molar-refractivity contribution >= 4 is 22.4 Å². The first-order valence-corrected chi connectivity index (χ1v) is 6.36. The van der Waals surface area contributed by atoms with E-state index in [1.807, 2.05) is 19.1 Å². The number of nitrogens with two attached hydrogens (primary N) is 1. The summed E-state index contributed by atoms with van der Waals surface area (Å²) in [5.41, 5.74) is 7.58. The summed E-state index contributed by atoms with van der Waals surface area (Å²) < 4.78 is 3.69. The van der Waals surface area contributed by atoms with Crippen molar-refractivity contribution in [3.63, 3.8) is 0 Å². The minimum Gasteiger partial charge on any atom is -0.320 e. The predicted octanol–water partition coefficient (Wildman–Crippen LogP) is 1.41. The lowest BCUT2D eigenvalue weighted by Gasteiger charge is -2.05. The first kappa shape index (κ1) is 13.2. The van der Waals surface area contributed by atoms with Crippen LogP contribution in [0.4, 0.5) is 5.00 Å². The fourth-order valence-corrected chi connectivity index (χ4v) is 1.92. The zero-order chi connectivity index (χ0) is 13.7. The number of hydrogen-bond donors (Lipinski definition) is 2. The number of amides is 1. The number of rotatable bonds is 2. The van der Waals surface area contributed by atoms with Crippen LogP contribution in [-0.4, -0.2) is 22.0 Å². The molecule has 2 aromatic rings. The Hall–Kier alpha value is -2.23. The van der Waals surface area contributed by atoms with Crippen molar-refractivity contribution in [2.24, 2.45) is 5.73 Å². The number of carbonyl (C=O) groups excluding carboxylic acids is 1. The molecule has 0 aliphatic heterocycles. The molecular weight excluding hydrogens is 260 g/mol. The highest BCUT2D eigenvalue weighted by Gasteiger charge is 2.11. The highest BCUT2D eigenvalue weighted by atomic mass is 32.1. The van der Waals surface area contributed by atoms with Crippen LogP contribution in [0.1, 0.15) is 21.5 Å². The van der Waals surface area contributed by atoms with Gasteiger partial charge in [0.25, 0.3) is 5.91 Å². The lowest BCUT2D eigenvalue weighted by atomic mass is 10.0. The molecule has 0 aliphatic carbocycles. The summed E-state index contributed by atoms with van der Waals surface area (Å²) in [4.78, 5) is 12.1. The van der Waals surface area contributed by atoms with Crippen LogP contribution >= 0.6 is 11.5 Å². The topological polar surface area (TPSA) is 80.9 Å². The van der Waals surface area contributed by atoms with E-state index in [2.05, 4.69) is 26.7 Å². The summed E-state index contributed by atoms with van der Waals surface area (Å²) in [6.07, 6.45) is 1.50. The second-order valence-corrected chi connectivity index (χ2v) is 4.58. The van der Waals surface area contributed by atoms with Crippen molar-refractivity contribution in [2.75, 3.05) is 11.9 Å². The van der Waals surface area contributed by atoms with Gasteiger partial charge in [-0.25, -0.2) is 0 Å². The largest absolute Gasteiger partial charge is 0.320 e. The Morgan fingerprint density at radius 3 is 3.05 bits per heavy atom. The first-order chi connectivity index (χ1) is 9.20. The Balaban J connectivity index is 2.30. The van der Waals surface area contributed by atoms with Crippen molar-refractivity contribution in [1.29, 1.82) is 0 Å². The number of hydrogen-bond acceptors (Lipinski definition) is 5. The molecule has 1 aromatic heterocycles. The highest BCUT2D eigenvalue weighted by molar-refractivity contribution is 7.10. The SMILES string of the molecule is Cc1ccc(C(=O)Nc2cnns2)c(C#CCN)c1. The van der Waals surface area contributed by atoms with E-state index >= 15 is 0 Å². The molecule has 6 heteroatoms. The van der Waals surface area contributed by atoms with E-state index < -0.39 is 0 Å². The Bertz CT molecular complexity index is 640. The van der Waals surface area contributed by atoms with E-state index in [1.54, 1.807) is 6.07 Å². The van der Waals surface area contributed by atoms with Gasteiger partial charge in [0.05, 0.1) is 18.3 Å². The van der Waals surface area contributed by atoms with Gasteiger partial charge in [-0.1, -0.05) is 22.4 Å². The average molecular weight is 272 g/mol. The van der Waals surface area contributed by atoms with Gasteiger partial charge in [-0.15, -0.1) is 5.10 Å². The molecule has 0 atom stereocenters. The normalized spacial score (nSPS) is 9.58. The summed E-state index contributed by atoms with van der Waals surface area (Å²) in [6.45, 7) is 2.20. The van der Waals surface area contributed by atoms with E-state index in [9.17, 15) is 4.79 Å². The summed E-state index contributed by atoms with van der Waals surface area (Å²) in [6, 6.07) is 5.48. The molecule has 1 amide bonds. The van der Waals surface area contributed by atoms with E-state index in [1.165, 1.54) is 6.20 Å². The minimum absolute atomic E-state index is 0.229. The van der Waals surface area contributed by atoms with Gasteiger partial charge in [-0.2, -0.15) is 0 Å². The maximum atomic E-state index is 12.1. The highest BCUT2D eigenvalue weighted by Crippen LogP contribution is 2.15. The molecule has 1 aromatic carbocycles. The van der Waals surface area contributed by atoms with Gasteiger partial charge < -0.3 is 11.1 Å². The molecule has 0 radical (unpaired) electrons. The third kappa shape index (κ3) is 3.37. The third-order valence-electron chi connectivity index (χ3n) is 2.34. The van der Waals surface area contributed by atoms with Gasteiger partial charge in [-0.3, -0.25) is 4.79 Å². The molecule has 3 N–H and O–H groups in total. The molecule has 0 unspecified atom stereocenters. The van der Waals surface area contributed by atoms with Gasteiger partial charge >= 0.3 is 0 Å². The Morgan fingerprint density at radius 1 is 1.53 bits per heavy atom. The zero-order valence-corrected chi connectivity index (χ0v) is 11.1. The maximum absolute atomic E-state index is 12.1. The van der Waals surface area contributed by atoms with Gasteiger partial charge in [0.2, 0.25) is 0 Å². The standard InChI is InChI=1S/C13H12N4OS/c1-9-4-5-11(10(7-9)3-2-6-14)13(18)16-12-8-15-17-19-12/h4-5,7-8H,6,14H2,1H3,(H,16,18).